The molecule has 26 heavy (non-hydrogen) atoms. The average Bonchev–Trinajstić information content (AvgIpc) is 3.07. The molecule has 0 saturated carbocycles. The molecule has 1 fully saturated rings. The number of imidazole rings is 1. The monoisotopic (exact) mass is 357 g/mol. The van der Waals surface area contributed by atoms with Gasteiger partial charge in [-0.1, -0.05) is 13.8 Å². The van der Waals surface area contributed by atoms with Crippen molar-refractivity contribution in [1.82, 2.24) is 24.8 Å². The van der Waals surface area contributed by atoms with Crippen LogP contribution < -0.4 is 0 Å². The molecule has 3 rings (SSSR count). The van der Waals surface area contributed by atoms with Crippen molar-refractivity contribution in [2.45, 2.75) is 33.1 Å². The molecule has 0 bridgehead atoms. The molecule has 3 heterocycles. The third kappa shape index (κ3) is 5.37. The molecule has 1 N–H and O–H groups in total. The van der Waals surface area contributed by atoms with Gasteiger partial charge < -0.3 is 14.6 Å². The zero-order valence-electron chi connectivity index (χ0n) is 15.5. The molecular formula is C19H27N5O2. The summed E-state index contributed by atoms with van der Waals surface area (Å²) in [7, 11) is 0. The molecule has 0 radical (unpaired) electrons. The molecule has 1 saturated heterocycles. The molecule has 0 spiro atoms. The second kappa shape index (κ2) is 8.91. The zero-order chi connectivity index (χ0) is 18.4. The molecule has 2 aromatic heterocycles. The van der Waals surface area contributed by atoms with Crippen molar-refractivity contribution in [3.63, 3.8) is 0 Å². The van der Waals surface area contributed by atoms with Crippen molar-refractivity contribution < 1.29 is 9.53 Å². The maximum atomic E-state index is 12.7. The Morgan fingerprint density at radius 2 is 2.08 bits per heavy atom. The summed E-state index contributed by atoms with van der Waals surface area (Å²) in [5, 5.41) is 0. The molecule has 0 aromatic carbocycles. The van der Waals surface area contributed by atoms with E-state index < -0.39 is 0 Å². The normalized spacial score (nSPS) is 19.1. The summed E-state index contributed by atoms with van der Waals surface area (Å²) < 4.78 is 6.16. The Balaban J connectivity index is 1.67. The van der Waals surface area contributed by atoms with Gasteiger partial charge in [0.15, 0.2) is 0 Å². The van der Waals surface area contributed by atoms with E-state index >= 15 is 0 Å². The smallest absolute Gasteiger partial charge is 0.236 e. The fourth-order valence-electron chi connectivity index (χ4n) is 3.18. The predicted octanol–water partition coefficient (Wildman–Crippen LogP) is 1.69. The van der Waals surface area contributed by atoms with Crippen molar-refractivity contribution in [1.29, 1.82) is 0 Å². The fraction of sp³-hybridized carbons (Fsp3) is 0.526. The Kier molecular flexibility index (Phi) is 6.35. The Bertz CT molecular complexity index is 675. The molecule has 1 amide bonds. The van der Waals surface area contributed by atoms with Gasteiger partial charge in [-0.05, 0) is 23.6 Å². The predicted molar refractivity (Wildman–Crippen MR) is 98.1 cm³/mol. The van der Waals surface area contributed by atoms with Gasteiger partial charge in [0.1, 0.15) is 5.82 Å². The number of carbonyl (C=O) groups is 1. The van der Waals surface area contributed by atoms with Gasteiger partial charge in [-0.2, -0.15) is 0 Å². The first-order chi connectivity index (χ1) is 12.6. The molecule has 1 aliphatic heterocycles. The van der Waals surface area contributed by atoms with Crippen LogP contribution in [0.15, 0.2) is 36.9 Å². The van der Waals surface area contributed by atoms with E-state index in [1.165, 1.54) is 0 Å². The number of aromatic amines is 1. The molecule has 140 valence electrons. The number of hydrogen-bond donors (Lipinski definition) is 1. The van der Waals surface area contributed by atoms with E-state index in [4.69, 9.17) is 4.74 Å². The number of pyridine rings is 1. The third-order valence-electron chi connectivity index (χ3n) is 4.35. The first-order valence-corrected chi connectivity index (χ1v) is 9.09. The highest BCUT2D eigenvalue weighted by Gasteiger charge is 2.29. The number of rotatable bonds is 7. The molecular weight excluding hydrogens is 330 g/mol. The van der Waals surface area contributed by atoms with Crippen molar-refractivity contribution in [3.8, 4) is 0 Å². The van der Waals surface area contributed by atoms with E-state index in [0.717, 1.165) is 17.9 Å². The van der Waals surface area contributed by atoms with Gasteiger partial charge in [0.05, 0.1) is 25.8 Å². The lowest BCUT2D eigenvalue weighted by Crippen LogP contribution is -2.40. The van der Waals surface area contributed by atoms with Crippen molar-refractivity contribution >= 4 is 5.91 Å². The standard InChI is InChI=1S/C19H27N5O2/c1-15(2)9-24-11-17(26-14-16-3-5-20-6-4-16)10-23(13-19(24)25)12-18-21-7-8-22-18/h3-8,15,17H,9-14H2,1-2H3,(H,21,22)/t17-/m1/s1. The highest BCUT2D eigenvalue weighted by Crippen LogP contribution is 2.14. The molecule has 1 atom stereocenters. The number of nitrogens with zero attached hydrogens (tertiary/aromatic N) is 4. The zero-order valence-corrected chi connectivity index (χ0v) is 15.5. The second-order valence-electron chi connectivity index (χ2n) is 7.19. The van der Waals surface area contributed by atoms with Gasteiger partial charge in [0.25, 0.3) is 0 Å². The Morgan fingerprint density at radius 3 is 2.77 bits per heavy atom. The fourth-order valence-corrected chi connectivity index (χ4v) is 3.18. The topological polar surface area (TPSA) is 74.3 Å². The van der Waals surface area contributed by atoms with Gasteiger partial charge in [0, 0.05) is 44.4 Å². The van der Waals surface area contributed by atoms with Crippen LogP contribution in [-0.4, -0.2) is 62.9 Å². The van der Waals surface area contributed by atoms with E-state index in [0.29, 0.717) is 38.7 Å². The highest BCUT2D eigenvalue weighted by molar-refractivity contribution is 5.78. The summed E-state index contributed by atoms with van der Waals surface area (Å²) in [6, 6.07) is 3.91. The van der Waals surface area contributed by atoms with Crippen LogP contribution in [0.1, 0.15) is 25.2 Å². The van der Waals surface area contributed by atoms with Crippen LogP contribution in [0, 0.1) is 5.92 Å². The lowest BCUT2D eigenvalue weighted by Gasteiger charge is -2.26. The van der Waals surface area contributed by atoms with Crippen LogP contribution in [-0.2, 0) is 22.7 Å². The number of carbonyl (C=O) groups excluding carboxylic acids is 1. The van der Waals surface area contributed by atoms with E-state index in [2.05, 4.69) is 33.7 Å². The quantitative estimate of drug-likeness (QED) is 0.816. The van der Waals surface area contributed by atoms with Gasteiger partial charge in [-0.25, -0.2) is 4.98 Å². The SMILES string of the molecule is CC(C)CN1C[C@H](OCc2ccncc2)CN(Cc2ncc[nH]2)CC1=O. The lowest BCUT2D eigenvalue weighted by molar-refractivity contribution is -0.132. The van der Waals surface area contributed by atoms with Gasteiger partial charge >= 0.3 is 0 Å². The van der Waals surface area contributed by atoms with E-state index in [1.54, 1.807) is 24.8 Å². The Hall–Kier alpha value is -2.25. The molecule has 0 aliphatic carbocycles. The molecule has 7 nitrogen and oxygen atoms in total. The van der Waals surface area contributed by atoms with Gasteiger partial charge in [-0.15, -0.1) is 0 Å². The largest absolute Gasteiger partial charge is 0.370 e. The minimum Gasteiger partial charge on any atom is -0.370 e. The number of H-pyrrole nitrogens is 1. The molecule has 1 aliphatic rings. The van der Waals surface area contributed by atoms with Crippen molar-refractivity contribution in [2.75, 3.05) is 26.2 Å². The Labute approximate surface area is 154 Å². The minimum absolute atomic E-state index is 0.0386. The summed E-state index contributed by atoms with van der Waals surface area (Å²) in [6.45, 7) is 7.86. The number of hydrogen-bond acceptors (Lipinski definition) is 5. The van der Waals surface area contributed by atoms with Crippen LogP contribution in [0.2, 0.25) is 0 Å². The first-order valence-electron chi connectivity index (χ1n) is 9.09. The third-order valence-corrected chi connectivity index (χ3v) is 4.35. The highest BCUT2D eigenvalue weighted by atomic mass is 16.5. The number of ether oxygens (including phenoxy) is 1. The van der Waals surface area contributed by atoms with Crippen LogP contribution in [0.5, 0.6) is 0 Å². The number of aromatic nitrogens is 3. The maximum absolute atomic E-state index is 12.7. The molecule has 7 heteroatoms. The summed E-state index contributed by atoms with van der Waals surface area (Å²) in [5.41, 5.74) is 1.09. The summed E-state index contributed by atoms with van der Waals surface area (Å²) in [5.74, 6) is 1.44. The summed E-state index contributed by atoms with van der Waals surface area (Å²) in [4.78, 5) is 28.2. The van der Waals surface area contributed by atoms with E-state index in [9.17, 15) is 4.79 Å². The van der Waals surface area contributed by atoms with Gasteiger partial charge in [0.2, 0.25) is 5.91 Å². The lowest BCUT2D eigenvalue weighted by atomic mass is 10.2. The summed E-state index contributed by atoms with van der Waals surface area (Å²) in [6.07, 6.45) is 7.03. The Morgan fingerprint density at radius 1 is 1.27 bits per heavy atom. The second-order valence-corrected chi connectivity index (χ2v) is 7.19. The number of nitrogens with one attached hydrogen (secondary N) is 1. The van der Waals surface area contributed by atoms with E-state index in [1.807, 2.05) is 17.0 Å². The number of amides is 1. The van der Waals surface area contributed by atoms with Crippen molar-refractivity contribution in [2.24, 2.45) is 5.92 Å². The van der Waals surface area contributed by atoms with E-state index in [-0.39, 0.29) is 12.0 Å². The average molecular weight is 357 g/mol. The first kappa shape index (κ1) is 18.5. The van der Waals surface area contributed by atoms with Crippen LogP contribution in [0.3, 0.4) is 0 Å². The molecule has 2 aromatic rings. The van der Waals surface area contributed by atoms with Crippen LogP contribution in [0.4, 0.5) is 0 Å². The van der Waals surface area contributed by atoms with Crippen LogP contribution >= 0.6 is 0 Å². The van der Waals surface area contributed by atoms with Crippen LogP contribution in [0.25, 0.3) is 0 Å². The summed E-state index contributed by atoms with van der Waals surface area (Å²) >= 11 is 0. The van der Waals surface area contributed by atoms with Gasteiger partial charge in [-0.3, -0.25) is 14.7 Å². The molecule has 0 unspecified atom stereocenters. The maximum Gasteiger partial charge on any atom is 0.236 e. The van der Waals surface area contributed by atoms with Crippen molar-refractivity contribution in [3.05, 3.63) is 48.3 Å². The minimum atomic E-state index is -0.0386.